The van der Waals surface area contributed by atoms with Crippen molar-refractivity contribution < 1.29 is 14.3 Å². The van der Waals surface area contributed by atoms with Crippen molar-refractivity contribution in [2.45, 2.75) is 6.42 Å². The van der Waals surface area contributed by atoms with Gasteiger partial charge in [-0.2, -0.15) is 5.10 Å². The molecule has 106 valence electrons. The molecule has 0 atom stereocenters. The Labute approximate surface area is 123 Å². The second-order valence-electron chi connectivity index (χ2n) is 4.52. The largest absolute Gasteiger partial charge is 0.481 e. The van der Waals surface area contributed by atoms with Crippen LogP contribution in [-0.2, 0) is 11.2 Å². The molecule has 2 N–H and O–H groups in total. The van der Waals surface area contributed by atoms with Gasteiger partial charge in [0.1, 0.15) is 5.82 Å². The topological polar surface area (TPSA) is 66.0 Å². The van der Waals surface area contributed by atoms with Crippen LogP contribution in [-0.4, -0.2) is 21.3 Å². The third kappa shape index (κ3) is 2.85. The van der Waals surface area contributed by atoms with E-state index < -0.39 is 11.8 Å². The van der Waals surface area contributed by atoms with Crippen LogP contribution in [0.2, 0.25) is 0 Å². The Morgan fingerprint density at radius 1 is 1.43 bits per heavy atom. The summed E-state index contributed by atoms with van der Waals surface area (Å²) in [5, 5.41) is 18.4. The number of rotatable bonds is 4. The molecule has 0 fully saturated rings. The molecule has 0 radical (unpaired) electrons. The summed E-state index contributed by atoms with van der Waals surface area (Å²) in [6.07, 6.45) is 3.40. The Hall–Kier alpha value is -2.47. The zero-order valence-electron chi connectivity index (χ0n) is 10.8. The number of aromatic amines is 1. The smallest absolute Gasteiger partial charge is 0.307 e. The molecule has 0 saturated heterocycles. The summed E-state index contributed by atoms with van der Waals surface area (Å²) >= 11 is 1.60. The number of nitrogens with zero attached hydrogens (tertiary/aromatic N) is 1. The third-order valence-corrected chi connectivity index (χ3v) is 3.89. The maximum Gasteiger partial charge on any atom is 0.307 e. The number of carbonyl (C=O) groups is 1. The summed E-state index contributed by atoms with van der Waals surface area (Å²) in [6, 6.07) is 6.75. The normalized spacial score (nSPS) is 11.5. The summed E-state index contributed by atoms with van der Waals surface area (Å²) < 4.78 is 13.8. The Balaban J connectivity index is 2.02. The lowest BCUT2D eigenvalue weighted by Gasteiger charge is -2.00. The van der Waals surface area contributed by atoms with E-state index in [0.717, 1.165) is 4.88 Å². The number of aromatic nitrogens is 2. The van der Waals surface area contributed by atoms with E-state index in [1.165, 1.54) is 12.1 Å². The molecule has 4 nitrogen and oxygen atoms in total. The fourth-order valence-corrected chi connectivity index (χ4v) is 2.69. The van der Waals surface area contributed by atoms with Gasteiger partial charge in [0, 0.05) is 10.3 Å². The standard InChI is InChI=1S/C15H11FN2O2S/c16-12-8-14-11(6-9(12)7-15(19)20)13(17-18-14)4-3-10-2-1-5-21-10/h1-6,8H,7H2,(H,17,18)(H,19,20)/b4-3+. The van der Waals surface area contributed by atoms with Crippen molar-refractivity contribution in [3.8, 4) is 0 Å². The Bertz CT molecular complexity index is 822. The van der Waals surface area contributed by atoms with Crippen LogP contribution in [0.15, 0.2) is 29.6 Å². The van der Waals surface area contributed by atoms with Crippen molar-refractivity contribution >= 4 is 40.4 Å². The highest BCUT2D eigenvalue weighted by atomic mass is 32.1. The first-order valence-electron chi connectivity index (χ1n) is 6.23. The Morgan fingerprint density at radius 2 is 2.29 bits per heavy atom. The third-order valence-electron chi connectivity index (χ3n) is 3.05. The summed E-state index contributed by atoms with van der Waals surface area (Å²) in [4.78, 5) is 11.8. The molecule has 1 aromatic carbocycles. The predicted molar refractivity (Wildman–Crippen MR) is 80.6 cm³/mol. The van der Waals surface area contributed by atoms with Gasteiger partial charge in [-0.05, 0) is 41.3 Å². The first-order valence-corrected chi connectivity index (χ1v) is 7.11. The first kappa shape index (κ1) is 13.5. The molecule has 3 rings (SSSR count). The Kier molecular flexibility index (Phi) is 3.53. The second kappa shape index (κ2) is 5.49. The number of hydrogen-bond acceptors (Lipinski definition) is 3. The molecule has 2 heterocycles. The lowest BCUT2D eigenvalue weighted by molar-refractivity contribution is -0.136. The van der Waals surface area contributed by atoms with Gasteiger partial charge in [0.15, 0.2) is 0 Å². The highest BCUT2D eigenvalue weighted by Gasteiger charge is 2.12. The molecular weight excluding hydrogens is 291 g/mol. The molecule has 0 saturated carbocycles. The number of carboxylic acid groups (broad SMARTS) is 1. The average molecular weight is 302 g/mol. The molecule has 0 aliphatic carbocycles. The van der Waals surface area contributed by atoms with Crippen molar-refractivity contribution in [3.63, 3.8) is 0 Å². The van der Waals surface area contributed by atoms with E-state index in [4.69, 9.17) is 5.11 Å². The van der Waals surface area contributed by atoms with Crippen molar-refractivity contribution in [3.05, 3.63) is 51.6 Å². The zero-order chi connectivity index (χ0) is 14.8. The monoisotopic (exact) mass is 302 g/mol. The number of thiophene rings is 1. The van der Waals surface area contributed by atoms with Crippen LogP contribution in [0, 0.1) is 5.82 Å². The molecule has 0 spiro atoms. The maximum atomic E-state index is 13.8. The quantitative estimate of drug-likeness (QED) is 0.774. The fraction of sp³-hybridized carbons (Fsp3) is 0.0667. The second-order valence-corrected chi connectivity index (χ2v) is 5.50. The highest BCUT2D eigenvalue weighted by Crippen LogP contribution is 2.23. The minimum absolute atomic E-state index is 0.155. The van der Waals surface area contributed by atoms with E-state index in [0.29, 0.717) is 16.6 Å². The molecule has 2 aromatic heterocycles. The van der Waals surface area contributed by atoms with Crippen LogP contribution in [0.25, 0.3) is 23.1 Å². The first-order chi connectivity index (χ1) is 10.1. The van der Waals surface area contributed by atoms with Crippen molar-refractivity contribution in [2.75, 3.05) is 0 Å². The van der Waals surface area contributed by atoms with Gasteiger partial charge >= 0.3 is 5.97 Å². The van der Waals surface area contributed by atoms with Gasteiger partial charge < -0.3 is 5.11 Å². The van der Waals surface area contributed by atoms with Crippen molar-refractivity contribution in [1.29, 1.82) is 0 Å². The molecule has 0 amide bonds. The van der Waals surface area contributed by atoms with E-state index in [1.54, 1.807) is 11.3 Å². The summed E-state index contributed by atoms with van der Waals surface area (Å²) in [6.45, 7) is 0. The number of H-pyrrole nitrogens is 1. The molecule has 0 aliphatic heterocycles. The molecule has 3 aromatic rings. The van der Waals surface area contributed by atoms with Crippen LogP contribution in [0.5, 0.6) is 0 Å². The molecule has 0 bridgehead atoms. The van der Waals surface area contributed by atoms with Crippen LogP contribution in [0.4, 0.5) is 4.39 Å². The van der Waals surface area contributed by atoms with Crippen LogP contribution >= 0.6 is 11.3 Å². The average Bonchev–Trinajstić information content (AvgIpc) is 3.06. The SMILES string of the molecule is O=C(O)Cc1cc2c(/C=C/c3cccs3)n[nH]c2cc1F. The number of benzene rings is 1. The van der Waals surface area contributed by atoms with Crippen molar-refractivity contribution in [2.24, 2.45) is 0 Å². The van der Waals surface area contributed by atoms with Crippen LogP contribution < -0.4 is 0 Å². The highest BCUT2D eigenvalue weighted by molar-refractivity contribution is 7.10. The van der Waals surface area contributed by atoms with Gasteiger partial charge in [0.05, 0.1) is 17.6 Å². The van der Waals surface area contributed by atoms with E-state index in [1.807, 2.05) is 29.7 Å². The molecule has 0 aliphatic rings. The van der Waals surface area contributed by atoms with Gasteiger partial charge in [-0.1, -0.05) is 6.07 Å². The van der Waals surface area contributed by atoms with E-state index >= 15 is 0 Å². The van der Waals surface area contributed by atoms with Gasteiger partial charge in [-0.3, -0.25) is 9.89 Å². The number of nitrogens with one attached hydrogen (secondary N) is 1. The van der Waals surface area contributed by atoms with Crippen molar-refractivity contribution in [1.82, 2.24) is 10.2 Å². The summed E-state index contributed by atoms with van der Waals surface area (Å²) in [7, 11) is 0. The molecule has 21 heavy (non-hydrogen) atoms. The van der Waals surface area contributed by atoms with E-state index in [2.05, 4.69) is 10.2 Å². The Morgan fingerprint density at radius 3 is 3.00 bits per heavy atom. The van der Waals surface area contributed by atoms with Gasteiger partial charge in [0.2, 0.25) is 0 Å². The summed E-state index contributed by atoms with van der Waals surface area (Å²) in [5.41, 5.74) is 1.36. The predicted octanol–water partition coefficient (Wildman–Crippen LogP) is 3.56. The maximum absolute atomic E-state index is 13.8. The van der Waals surface area contributed by atoms with Gasteiger partial charge in [0.25, 0.3) is 0 Å². The van der Waals surface area contributed by atoms with Gasteiger partial charge in [-0.15, -0.1) is 11.3 Å². The van der Waals surface area contributed by atoms with Crippen LogP contribution in [0.3, 0.4) is 0 Å². The van der Waals surface area contributed by atoms with E-state index in [9.17, 15) is 9.18 Å². The fourth-order valence-electron chi connectivity index (χ4n) is 2.08. The number of aliphatic carboxylic acids is 1. The number of carboxylic acids is 1. The number of fused-ring (bicyclic) bond motifs is 1. The lowest BCUT2D eigenvalue weighted by atomic mass is 10.1. The van der Waals surface area contributed by atoms with E-state index in [-0.39, 0.29) is 12.0 Å². The molecule has 6 heteroatoms. The summed E-state index contributed by atoms with van der Waals surface area (Å²) in [5.74, 6) is -1.60. The minimum atomic E-state index is -1.06. The lowest BCUT2D eigenvalue weighted by Crippen LogP contribution is -2.02. The molecular formula is C15H11FN2O2S. The van der Waals surface area contributed by atoms with Gasteiger partial charge in [-0.25, -0.2) is 4.39 Å². The number of halogens is 1. The molecule has 0 unspecified atom stereocenters. The zero-order valence-corrected chi connectivity index (χ0v) is 11.7. The number of hydrogen-bond donors (Lipinski definition) is 2. The minimum Gasteiger partial charge on any atom is -0.481 e. The van der Waals surface area contributed by atoms with Crippen LogP contribution in [0.1, 0.15) is 16.1 Å².